The van der Waals surface area contributed by atoms with E-state index < -0.39 is 0 Å². The Bertz CT molecular complexity index is 432. The molecule has 1 amide bonds. The van der Waals surface area contributed by atoms with Gasteiger partial charge < -0.3 is 10.1 Å². The quantitative estimate of drug-likeness (QED) is 0.617. The minimum atomic E-state index is 0.0291. The molecule has 0 aliphatic rings. The van der Waals surface area contributed by atoms with Crippen LogP contribution in [0.4, 0.5) is 0 Å². The van der Waals surface area contributed by atoms with Crippen molar-refractivity contribution >= 4 is 17.5 Å². The zero-order valence-electron chi connectivity index (χ0n) is 11.9. The highest BCUT2D eigenvalue weighted by Crippen LogP contribution is 2.22. The van der Waals surface area contributed by atoms with Crippen LogP contribution in [0.2, 0.25) is 0 Å². The van der Waals surface area contributed by atoms with Crippen molar-refractivity contribution in [3.8, 4) is 5.75 Å². The summed E-state index contributed by atoms with van der Waals surface area (Å²) in [6.45, 7) is 7.17. The molecule has 0 aliphatic carbocycles. The molecule has 0 radical (unpaired) electrons. The molecule has 0 aromatic heterocycles. The molecule has 0 bridgehead atoms. The number of rotatable bonds is 7. The summed E-state index contributed by atoms with van der Waals surface area (Å²) in [7, 11) is 0. The third kappa shape index (κ3) is 5.52. The number of carbonyl (C=O) groups is 1. The molecule has 19 heavy (non-hydrogen) atoms. The van der Waals surface area contributed by atoms with Crippen LogP contribution in [-0.2, 0) is 4.79 Å². The lowest BCUT2D eigenvalue weighted by atomic mass is 10.1. The minimum Gasteiger partial charge on any atom is -0.491 e. The van der Waals surface area contributed by atoms with Gasteiger partial charge in [-0.25, -0.2) is 0 Å². The highest BCUT2D eigenvalue weighted by Gasteiger charge is 2.04. The molecule has 0 spiro atoms. The minimum absolute atomic E-state index is 0.0291. The van der Waals surface area contributed by atoms with Crippen LogP contribution in [0.5, 0.6) is 5.75 Å². The van der Waals surface area contributed by atoms with Crippen molar-refractivity contribution in [1.29, 1.82) is 0 Å². The standard InChI is InChI=1S/C15H22ClNO2/c1-11-9-12(2)13(3)14(10-11)19-8-7-17-15(18)5-4-6-16/h9-10H,4-8H2,1-3H3,(H,17,18). The molecule has 1 rings (SSSR count). The Balaban J connectivity index is 2.35. The summed E-state index contributed by atoms with van der Waals surface area (Å²) in [5, 5.41) is 2.81. The molecule has 0 fully saturated rings. The van der Waals surface area contributed by atoms with Crippen molar-refractivity contribution in [3.05, 3.63) is 28.8 Å². The van der Waals surface area contributed by atoms with Gasteiger partial charge in [0.05, 0.1) is 6.54 Å². The first-order chi connectivity index (χ1) is 9.04. The Labute approximate surface area is 120 Å². The average molecular weight is 284 g/mol. The first-order valence-corrected chi connectivity index (χ1v) is 7.11. The molecule has 0 heterocycles. The fraction of sp³-hybridized carbons (Fsp3) is 0.533. The normalized spacial score (nSPS) is 10.3. The summed E-state index contributed by atoms with van der Waals surface area (Å²) in [5.41, 5.74) is 3.56. The number of aryl methyl sites for hydroxylation is 2. The molecule has 4 heteroatoms. The fourth-order valence-corrected chi connectivity index (χ4v) is 1.95. The van der Waals surface area contributed by atoms with E-state index in [1.807, 2.05) is 19.9 Å². The van der Waals surface area contributed by atoms with Gasteiger partial charge in [-0.05, 0) is 49.9 Å². The van der Waals surface area contributed by atoms with Gasteiger partial charge in [-0.2, -0.15) is 0 Å². The Morgan fingerprint density at radius 2 is 2.05 bits per heavy atom. The molecule has 1 aromatic rings. The molecule has 0 aliphatic heterocycles. The molecule has 1 aromatic carbocycles. The van der Waals surface area contributed by atoms with Crippen LogP contribution in [0.3, 0.4) is 0 Å². The summed E-state index contributed by atoms with van der Waals surface area (Å²) < 4.78 is 5.71. The molecule has 3 nitrogen and oxygen atoms in total. The number of alkyl halides is 1. The van der Waals surface area contributed by atoms with E-state index in [1.54, 1.807) is 0 Å². The lowest BCUT2D eigenvalue weighted by Gasteiger charge is -2.12. The predicted octanol–water partition coefficient (Wildman–Crippen LogP) is 3.13. The van der Waals surface area contributed by atoms with Crippen molar-refractivity contribution in [2.24, 2.45) is 0 Å². The number of carbonyl (C=O) groups excluding carboxylic acids is 1. The molecular weight excluding hydrogens is 262 g/mol. The Hall–Kier alpha value is -1.22. The van der Waals surface area contributed by atoms with Crippen LogP contribution in [-0.4, -0.2) is 24.9 Å². The van der Waals surface area contributed by atoms with E-state index in [4.69, 9.17) is 16.3 Å². The van der Waals surface area contributed by atoms with E-state index in [0.29, 0.717) is 31.9 Å². The molecule has 0 atom stereocenters. The van der Waals surface area contributed by atoms with E-state index in [9.17, 15) is 4.79 Å². The van der Waals surface area contributed by atoms with Gasteiger partial charge in [0.1, 0.15) is 12.4 Å². The molecule has 0 saturated heterocycles. The number of nitrogens with one attached hydrogen (secondary N) is 1. The second kappa shape index (κ2) is 8.05. The number of hydrogen-bond acceptors (Lipinski definition) is 2. The number of benzene rings is 1. The van der Waals surface area contributed by atoms with Gasteiger partial charge in [0, 0.05) is 12.3 Å². The average Bonchev–Trinajstić information content (AvgIpc) is 2.37. The van der Waals surface area contributed by atoms with Crippen LogP contribution >= 0.6 is 11.6 Å². The lowest BCUT2D eigenvalue weighted by molar-refractivity contribution is -0.121. The Kier molecular flexibility index (Phi) is 6.71. The summed E-state index contributed by atoms with van der Waals surface area (Å²) in [5.74, 6) is 1.44. The van der Waals surface area contributed by atoms with Crippen molar-refractivity contribution in [2.75, 3.05) is 19.0 Å². The largest absolute Gasteiger partial charge is 0.491 e. The number of halogens is 1. The molecule has 1 N–H and O–H groups in total. The van der Waals surface area contributed by atoms with Crippen LogP contribution in [0.1, 0.15) is 29.5 Å². The zero-order valence-corrected chi connectivity index (χ0v) is 12.6. The van der Waals surface area contributed by atoms with Crippen molar-refractivity contribution in [2.45, 2.75) is 33.6 Å². The molecule has 0 unspecified atom stereocenters. The summed E-state index contributed by atoms with van der Waals surface area (Å²) >= 11 is 5.53. The maximum Gasteiger partial charge on any atom is 0.220 e. The third-order valence-electron chi connectivity index (χ3n) is 2.98. The lowest BCUT2D eigenvalue weighted by Crippen LogP contribution is -2.28. The van der Waals surface area contributed by atoms with Crippen molar-refractivity contribution < 1.29 is 9.53 Å². The summed E-state index contributed by atoms with van der Waals surface area (Å²) in [6, 6.07) is 4.16. The van der Waals surface area contributed by atoms with Crippen LogP contribution in [0.15, 0.2) is 12.1 Å². The van der Waals surface area contributed by atoms with E-state index in [1.165, 1.54) is 11.1 Å². The number of hydrogen-bond donors (Lipinski definition) is 1. The highest BCUT2D eigenvalue weighted by molar-refractivity contribution is 6.17. The highest BCUT2D eigenvalue weighted by atomic mass is 35.5. The van der Waals surface area contributed by atoms with Gasteiger partial charge in [0.15, 0.2) is 0 Å². The summed E-state index contributed by atoms with van der Waals surface area (Å²) in [6.07, 6.45) is 1.19. The van der Waals surface area contributed by atoms with E-state index in [-0.39, 0.29) is 5.91 Å². The SMILES string of the molecule is Cc1cc(C)c(C)c(OCCNC(=O)CCCCl)c1. The van der Waals surface area contributed by atoms with Crippen molar-refractivity contribution in [3.63, 3.8) is 0 Å². The smallest absolute Gasteiger partial charge is 0.220 e. The summed E-state index contributed by atoms with van der Waals surface area (Å²) in [4.78, 5) is 11.4. The topological polar surface area (TPSA) is 38.3 Å². The number of amides is 1. The Morgan fingerprint density at radius 3 is 2.74 bits per heavy atom. The fourth-order valence-electron chi connectivity index (χ4n) is 1.82. The van der Waals surface area contributed by atoms with Gasteiger partial charge >= 0.3 is 0 Å². The van der Waals surface area contributed by atoms with E-state index >= 15 is 0 Å². The van der Waals surface area contributed by atoms with Crippen LogP contribution < -0.4 is 10.1 Å². The van der Waals surface area contributed by atoms with Crippen LogP contribution in [0.25, 0.3) is 0 Å². The second-order valence-electron chi connectivity index (χ2n) is 4.70. The Morgan fingerprint density at radius 1 is 1.32 bits per heavy atom. The predicted molar refractivity (Wildman–Crippen MR) is 79.1 cm³/mol. The maximum absolute atomic E-state index is 11.4. The first-order valence-electron chi connectivity index (χ1n) is 6.58. The van der Waals surface area contributed by atoms with Gasteiger partial charge in [-0.1, -0.05) is 6.07 Å². The second-order valence-corrected chi connectivity index (χ2v) is 5.07. The first kappa shape index (κ1) is 15.8. The van der Waals surface area contributed by atoms with Gasteiger partial charge in [0.25, 0.3) is 0 Å². The maximum atomic E-state index is 11.4. The molecule has 0 saturated carbocycles. The van der Waals surface area contributed by atoms with E-state index in [2.05, 4.69) is 18.3 Å². The van der Waals surface area contributed by atoms with E-state index in [0.717, 1.165) is 11.3 Å². The van der Waals surface area contributed by atoms with Gasteiger partial charge in [-0.15, -0.1) is 11.6 Å². The molecular formula is C15H22ClNO2. The van der Waals surface area contributed by atoms with Crippen LogP contribution in [0, 0.1) is 20.8 Å². The molecule has 106 valence electrons. The zero-order chi connectivity index (χ0) is 14.3. The monoisotopic (exact) mass is 283 g/mol. The van der Waals surface area contributed by atoms with Gasteiger partial charge in [-0.3, -0.25) is 4.79 Å². The van der Waals surface area contributed by atoms with Crippen molar-refractivity contribution in [1.82, 2.24) is 5.32 Å². The number of ether oxygens (including phenoxy) is 1. The van der Waals surface area contributed by atoms with Gasteiger partial charge in [0.2, 0.25) is 5.91 Å². The third-order valence-corrected chi connectivity index (χ3v) is 3.25.